The van der Waals surface area contributed by atoms with Gasteiger partial charge < -0.3 is 0 Å². The molecule has 7 heteroatoms. The zero-order valence-electron chi connectivity index (χ0n) is 17.3. The topological polar surface area (TPSA) is 86.7 Å². The van der Waals surface area contributed by atoms with Crippen LogP contribution in [0.3, 0.4) is 0 Å². The summed E-state index contributed by atoms with van der Waals surface area (Å²) in [5.41, 5.74) is 4.81. The number of aromatic nitrogens is 4. The second-order valence-corrected chi connectivity index (χ2v) is 9.15. The van der Waals surface area contributed by atoms with Crippen molar-refractivity contribution in [1.82, 2.24) is 19.7 Å². The van der Waals surface area contributed by atoms with E-state index < -0.39 is 11.0 Å². The first kappa shape index (κ1) is 20.4. The van der Waals surface area contributed by atoms with Crippen molar-refractivity contribution in [3.05, 3.63) is 72.2 Å². The normalized spacial score (nSPS) is 14.5. The maximum Gasteiger partial charge on any atom is 0.154 e. The number of benzene rings is 1. The summed E-state index contributed by atoms with van der Waals surface area (Å²) in [5, 5.41) is 11.0. The van der Waals surface area contributed by atoms with Gasteiger partial charge in [-0.05, 0) is 56.5 Å². The van der Waals surface area contributed by atoms with Crippen molar-refractivity contribution in [3.63, 3.8) is 0 Å². The van der Waals surface area contributed by atoms with Crippen LogP contribution in [-0.2, 0) is 11.0 Å². The van der Waals surface area contributed by atoms with E-state index in [1.807, 2.05) is 61.1 Å². The Morgan fingerprint density at radius 1 is 1.07 bits per heavy atom. The monoisotopic (exact) mass is 419 g/mol. The molecule has 0 amide bonds. The first-order valence-electron chi connectivity index (χ1n) is 9.96. The third kappa shape index (κ3) is 4.17. The fourth-order valence-corrected chi connectivity index (χ4v) is 4.09. The van der Waals surface area contributed by atoms with Gasteiger partial charge in [0.25, 0.3) is 0 Å². The van der Waals surface area contributed by atoms with Gasteiger partial charge in [-0.25, -0.2) is 13.9 Å². The number of pyridine rings is 2. The summed E-state index contributed by atoms with van der Waals surface area (Å²) in [5.74, 6) is 0.958. The zero-order chi connectivity index (χ0) is 21.3. The summed E-state index contributed by atoms with van der Waals surface area (Å²) in [6, 6.07) is 18.2. The number of hydrogen-bond acceptors (Lipinski definition) is 4. The lowest BCUT2D eigenvalue weighted by atomic mass is 10.0. The fourth-order valence-electron chi connectivity index (χ4n) is 3.61. The van der Waals surface area contributed by atoms with Gasteiger partial charge in [0.05, 0.1) is 28.4 Å². The fraction of sp³-hybridized carbons (Fsp3) is 0.261. The minimum absolute atomic E-state index is 0.0713. The SMILES string of the molecule is Cc1cccc(-n2ncc3ccc(-c4cccc([C@@H](C)CC(C)S(N)=O)n4)cc32)n1. The maximum atomic E-state index is 11.5. The Bertz CT molecular complexity index is 1220. The number of rotatable bonds is 6. The van der Waals surface area contributed by atoms with Crippen LogP contribution in [-0.4, -0.2) is 29.2 Å². The Labute approximate surface area is 178 Å². The summed E-state index contributed by atoms with van der Waals surface area (Å²) < 4.78 is 13.4. The number of aryl methyl sites for hydroxylation is 1. The lowest BCUT2D eigenvalue weighted by Crippen LogP contribution is -2.20. The highest BCUT2D eigenvalue weighted by molar-refractivity contribution is 7.83. The number of nitrogens with two attached hydrogens (primary N) is 1. The Morgan fingerprint density at radius 2 is 1.87 bits per heavy atom. The molecule has 0 saturated heterocycles. The van der Waals surface area contributed by atoms with Crippen LogP contribution in [0.15, 0.2) is 60.8 Å². The first-order chi connectivity index (χ1) is 14.4. The lowest BCUT2D eigenvalue weighted by molar-refractivity contribution is 0.627. The van der Waals surface area contributed by atoms with Crippen molar-refractivity contribution in [2.75, 3.05) is 0 Å². The Hall–Kier alpha value is -2.90. The second-order valence-electron chi connectivity index (χ2n) is 7.69. The van der Waals surface area contributed by atoms with Crippen molar-refractivity contribution in [2.45, 2.75) is 38.4 Å². The zero-order valence-corrected chi connectivity index (χ0v) is 18.1. The molecule has 3 heterocycles. The van der Waals surface area contributed by atoms with Gasteiger partial charge >= 0.3 is 0 Å². The van der Waals surface area contributed by atoms with Gasteiger partial charge in [0.1, 0.15) is 0 Å². The molecule has 3 atom stereocenters. The minimum atomic E-state index is -1.32. The van der Waals surface area contributed by atoms with Crippen LogP contribution < -0.4 is 5.14 Å². The molecular weight excluding hydrogens is 394 g/mol. The van der Waals surface area contributed by atoms with Crippen molar-refractivity contribution in [3.8, 4) is 17.1 Å². The summed E-state index contributed by atoms with van der Waals surface area (Å²) in [4.78, 5) is 9.47. The third-order valence-corrected chi connectivity index (χ3v) is 6.30. The molecule has 154 valence electrons. The van der Waals surface area contributed by atoms with Gasteiger partial charge in [-0.15, -0.1) is 0 Å². The maximum absolute atomic E-state index is 11.5. The molecule has 2 N–H and O–H groups in total. The van der Waals surface area contributed by atoms with E-state index in [1.165, 1.54) is 0 Å². The van der Waals surface area contributed by atoms with Gasteiger partial charge in [-0.1, -0.05) is 31.2 Å². The molecule has 6 nitrogen and oxygen atoms in total. The van der Waals surface area contributed by atoms with Gasteiger partial charge in [0, 0.05) is 27.6 Å². The molecular formula is C23H25N5OS. The first-order valence-corrected chi connectivity index (χ1v) is 11.2. The van der Waals surface area contributed by atoms with E-state index in [0.29, 0.717) is 0 Å². The molecule has 3 aromatic heterocycles. The van der Waals surface area contributed by atoms with Crippen LogP contribution in [0, 0.1) is 6.92 Å². The molecule has 4 aromatic rings. The number of hydrogen-bond donors (Lipinski definition) is 1. The smallest absolute Gasteiger partial charge is 0.154 e. The van der Waals surface area contributed by atoms with Crippen LogP contribution in [0.1, 0.15) is 37.6 Å². The summed E-state index contributed by atoms with van der Waals surface area (Å²) in [6.07, 6.45) is 2.58. The number of nitrogens with zero attached hydrogens (tertiary/aromatic N) is 4. The molecule has 0 spiro atoms. The second kappa shape index (κ2) is 8.45. The van der Waals surface area contributed by atoms with Crippen molar-refractivity contribution >= 4 is 21.9 Å². The molecule has 0 aliphatic rings. The highest BCUT2D eigenvalue weighted by Crippen LogP contribution is 2.27. The van der Waals surface area contributed by atoms with Crippen LogP contribution >= 0.6 is 0 Å². The van der Waals surface area contributed by atoms with E-state index in [4.69, 9.17) is 10.1 Å². The van der Waals surface area contributed by atoms with Crippen molar-refractivity contribution in [1.29, 1.82) is 0 Å². The van der Waals surface area contributed by atoms with E-state index in [9.17, 15) is 4.21 Å². The predicted octanol–water partition coefficient (Wildman–Crippen LogP) is 4.30. The van der Waals surface area contributed by atoms with Gasteiger partial charge in [0.2, 0.25) is 0 Å². The van der Waals surface area contributed by atoms with Crippen LogP contribution in [0.25, 0.3) is 28.0 Å². The molecule has 0 aliphatic carbocycles. The molecule has 0 aliphatic heterocycles. The quantitative estimate of drug-likeness (QED) is 0.505. The third-order valence-electron chi connectivity index (χ3n) is 5.31. The standard InChI is InChI=1S/C23H25N5OS/c1-15(12-17(3)30(24)29)20-7-5-8-21(27-20)18-10-11-19-14-25-28(22(19)13-18)23-9-4-6-16(2)26-23/h4-11,13-15,17H,12,24H2,1-3H3/t15-,17?,30?/m0/s1. The van der Waals surface area contributed by atoms with E-state index in [0.717, 1.165) is 45.8 Å². The molecule has 0 saturated carbocycles. The van der Waals surface area contributed by atoms with Crippen LogP contribution in [0.2, 0.25) is 0 Å². The average molecular weight is 420 g/mol. The minimum Gasteiger partial charge on any atom is -0.253 e. The predicted molar refractivity (Wildman–Crippen MR) is 122 cm³/mol. The molecule has 30 heavy (non-hydrogen) atoms. The Kier molecular flexibility index (Phi) is 5.74. The number of fused-ring (bicyclic) bond motifs is 1. The van der Waals surface area contributed by atoms with E-state index >= 15 is 0 Å². The largest absolute Gasteiger partial charge is 0.253 e. The summed E-state index contributed by atoms with van der Waals surface area (Å²) in [6.45, 7) is 5.97. The Morgan fingerprint density at radius 3 is 2.63 bits per heavy atom. The molecule has 2 unspecified atom stereocenters. The molecule has 0 bridgehead atoms. The Balaban J connectivity index is 1.70. The highest BCUT2D eigenvalue weighted by atomic mass is 32.2. The highest BCUT2D eigenvalue weighted by Gasteiger charge is 2.16. The summed E-state index contributed by atoms with van der Waals surface area (Å²) >= 11 is 0. The van der Waals surface area contributed by atoms with Crippen molar-refractivity contribution < 1.29 is 4.21 Å². The average Bonchev–Trinajstić information content (AvgIpc) is 3.17. The van der Waals surface area contributed by atoms with E-state index in [1.54, 1.807) is 0 Å². The van der Waals surface area contributed by atoms with E-state index in [2.05, 4.69) is 35.2 Å². The van der Waals surface area contributed by atoms with E-state index in [-0.39, 0.29) is 11.2 Å². The lowest BCUT2D eigenvalue weighted by Gasteiger charge is -2.15. The molecule has 0 fully saturated rings. The summed E-state index contributed by atoms with van der Waals surface area (Å²) in [7, 11) is -1.32. The molecule has 1 aromatic carbocycles. The van der Waals surface area contributed by atoms with Gasteiger partial charge in [-0.3, -0.25) is 10.1 Å². The van der Waals surface area contributed by atoms with Crippen LogP contribution in [0.5, 0.6) is 0 Å². The van der Waals surface area contributed by atoms with Gasteiger partial charge in [-0.2, -0.15) is 5.10 Å². The van der Waals surface area contributed by atoms with Crippen LogP contribution in [0.4, 0.5) is 0 Å². The van der Waals surface area contributed by atoms with Crippen molar-refractivity contribution in [2.24, 2.45) is 5.14 Å². The van der Waals surface area contributed by atoms with Gasteiger partial charge in [0.15, 0.2) is 5.82 Å². The molecule has 0 radical (unpaired) electrons. The molecule has 4 rings (SSSR count).